The summed E-state index contributed by atoms with van der Waals surface area (Å²) < 4.78 is 6.99. The number of esters is 1. The topological polar surface area (TPSA) is 26.3 Å². The molecule has 0 saturated heterocycles. The standard InChI is InChI=1S/C13H27.C6H9O2.Sn/c1-4-7-10-13(11-8-5-2)12-9-6-3;1-3-5-6(7)8-4-2;/h4-12H2,1-3H3;5H,4H2,1-2H3;. The van der Waals surface area contributed by atoms with E-state index >= 15 is 0 Å². The molecule has 0 unspecified atom stereocenters. The van der Waals surface area contributed by atoms with Crippen LogP contribution in [0.3, 0.4) is 0 Å². The zero-order valence-electron chi connectivity index (χ0n) is 15.5. The van der Waals surface area contributed by atoms with Gasteiger partial charge in [0.15, 0.2) is 0 Å². The van der Waals surface area contributed by atoms with E-state index in [1.807, 2.05) is 6.92 Å². The zero-order chi connectivity index (χ0) is 16.8. The molecule has 3 heteroatoms. The summed E-state index contributed by atoms with van der Waals surface area (Å²) in [5.41, 5.74) is 0. The van der Waals surface area contributed by atoms with Gasteiger partial charge in [-0.1, -0.05) is 0 Å². The quantitative estimate of drug-likeness (QED) is 0.213. The molecule has 22 heavy (non-hydrogen) atoms. The maximum atomic E-state index is 11.7. The molecule has 0 aliphatic rings. The summed E-state index contributed by atoms with van der Waals surface area (Å²) in [6.45, 7) is 11.4. The van der Waals surface area contributed by atoms with Crippen LogP contribution in [0.15, 0.2) is 9.67 Å². The first-order valence-electron chi connectivity index (χ1n) is 9.16. The van der Waals surface area contributed by atoms with Crippen molar-refractivity contribution in [3.05, 3.63) is 9.67 Å². The molecule has 0 amide bonds. The first kappa shape index (κ1) is 22.0. The van der Waals surface area contributed by atoms with E-state index in [1.165, 1.54) is 61.4 Å². The van der Waals surface area contributed by atoms with Crippen LogP contribution in [0.4, 0.5) is 0 Å². The van der Waals surface area contributed by atoms with Crippen molar-refractivity contribution >= 4 is 27.1 Å². The Kier molecular flexibility index (Phi) is 13.5. The van der Waals surface area contributed by atoms with Gasteiger partial charge < -0.3 is 0 Å². The van der Waals surface area contributed by atoms with Crippen LogP contribution >= 0.6 is 0 Å². The molecule has 0 atom stereocenters. The number of carbonyl (C=O) groups excluding carboxylic acids is 1. The molecule has 0 N–H and O–H groups in total. The molecule has 0 aliphatic carbocycles. The predicted molar refractivity (Wildman–Crippen MR) is 97.4 cm³/mol. The van der Waals surface area contributed by atoms with Gasteiger partial charge in [0.2, 0.25) is 0 Å². The second-order valence-electron chi connectivity index (χ2n) is 6.30. The van der Waals surface area contributed by atoms with Crippen molar-refractivity contribution in [2.45, 2.75) is 95.8 Å². The summed E-state index contributed by atoms with van der Waals surface area (Å²) in [6.07, 6.45) is 13.7. The van der Waals surface area contributed by atoms with Crippen LogP contribution in [0.2, 0.25) is 3.43 Å². The monoisotopic (exact) mass is 416 g/mol. The van der Waals surface area contributed by atoms with E-state index in [1.54, 1.807) is 6.08 Å². The fourth-order valence-corrected chi connectivity index (χ4v) is 8.44. The molecule has 0 bridgehead atoms. The average molecular weight is 415 g/mol. The molecule has 0 fully saturated rings. The number of hydrogen-bond donors (Lipinski definition) is 0. The second kappa shape index (κ2) is 13.4. The first-order chi connectivity index (χ1) is 10.5. The summed E-state index contributed by atoms with van der Waals surface area (Å²) in [4.78, 5) is 11.7. The Labute approximate surface area is 148 Å². The minimum atomic E-state index is -0.746. The summed E-state index contributed by atoms with van der Waals surface area (Å²) >= 11 is -0.746. The third-order valence-corrected chi connectivity index (χ3v) is 9.30. The van der Waals surface area contributed by atoms with Gasteiger partial charge in [-0.05, 0) is 0 Å². The number of carbonyl (C=O) groups is 1. The van der Waals surface area contributed by atoms with Gasteiger partial charge in [0.05, 0.1) is 0 Å². The summed E-state index contributed by atoms with van der Waals surface area (Å²) in [5, 5.41) is 0. The predicted octanol–water partition coefficient (Wildman–Crippen LogP) is 5.89. The molecule has 0 aliphatic heterocycles. The van der Waals surface area contributed by atoms with Crippen LogP contribution in [-0.2, 0) is 9.53 Å². The number of ether oxygens (including phenoxy) is 1. The average Bonchev–Trinajstić information content (AvgIpc) is 2.48. The van der Waals surface area contributed by atoms with Gasteiger partial charge in [0.25, 0.3) is 0 Å². The fraction of sp³-hybridized carbons (Fsp3) is 0.842. The molecule has 0 saturated carbocycles. The fourth-order valence-electron chi connectivity index (χ4n) is 2.92. The van der Waals surface area contributed by atoms with Crippen molar-refractivity contribution in [3.63, 3.8) is 0 Å². The van der Waals surface area contributed by atoms with E-state index < -0.39 is 21.1 Å². The summed E-state index contributed by atoms with van der Waals surface area (Å²) in [7, 11) is 0. The molecular weight excluding hydrogens is 379 g/mol. The number of allylic oxidation sites excluding steroid dienone is 1. The van der Waals surface area contributed by atoms with Crippen LogP contribution in [-0.4, -0.2) is 33.7 Å². The summed E-state index contributed by atoms with van der Waals surface area (Å²) in [5.74, 6) is -0.142. The van der Waals surface area contributed by atoms with Crippen LogP contribution in [0.25, 0.3) is 0 Å². The molecule has 0 heterocycles. The van der Waals surface area contributed by atoms with Gasteiger partial charge in [-0.2, -0.15) is 0 Å². The molecule has 0 aromatic rings. The number of hydrogen-bond acceptors (Lipinski definition) is 2. The molecule has 128 valence electrons. The van der Waals surface area contributed by atoms with Gasteiger partial charge in [-0.15, -0.1) is 0 Å². The van der Waals surface area contributed by atoms with Crippen molar-refractivity contribution in [2.24, 2.45) is 0 Å². The van der Waals surface area contributed by atoms with E-state index in [0.717, 1.165) is 0 Å². The first-order valence-corrected chi connectivity index (χ1v) is 12.0. The molecule has 2 nitrogen and oxygen atoms in total. The SMILES string of the molecule is CCCC[C](CCCC)(CCCC)[Sn]/[C](C)=C\C(=O)OCC. The van der Waals surface area contributed by atoms with E-state index in [0.29, 0.717) is 10.0 Å². The Morgan fingerprint density at radius 3 is 1.77 bits per heavy atom. The van der Waals surface area contributed by atoms with Crippen molar-refractivity contribution in [3.8, 4) is 0 Å². The van der Waals surface area contributed by atoms with Crippen LogP contribution in [0, 0.1) is 0 Å². The Morgan fingerprint density at radius 2 is 1.41 bits per heavy atom. The molecule has 0 rings (SSSR count). The maximum absolute atomic E-state index is 11.7. The third kappa shape index (κ3) is 9.91. The Bertz CT molecular complexity index is 302. The Hall–Kier alpha value is 0.00870. The number of rotatable bonds is 13. The van der Waals surface area contributed by atoms with Crippen LogP contribution in [0.1, 0.15) is 92.4 Å². The van der Waals surface area contributed by atoms with E-state index in [4.69, 9.17) is 4.74 Å². The van der Waals surface area contributed by atoms with Crippen molar-refractivity contribution in [2.75, 3.05) is 6.61 Å². The number of unbranched alkanes of at least 4 members (excludes halogenated alkanes) is 3. The van der Waals surface area contributed by atoms with Crippen molar-refractivity contribution in [1.82, 2.24) is 0 Å². The van der Waals surface area contributed by atoms with Gasteiger partial charge in [-0.25, -0.2) is 0 Å². The van der Waals surface area contributed by atoms with Gasteiger partial charge in [0, 0.05) is 0 Å². The Morgan fingerprint density at radius 1 is 0.955 bits per heavy atom. The Balaban J connectivity index is 5.01. The van der Waals surface area contributed by atoms with Gasteiger partial charge >= 0.3 is 149 Å². The van der Waals surface area contributed by atoms with Gasteiger partial charge in [-0.3, -0.25) is 0 Å². The van der Waals surface area contributed by atoms with Crippen LogP contribution in [0.5, 0.6) is 0 Å². The zero-order valence-corrected chi connectivity index (χ0v) is 18.3. The molecule has 0 aromatic carbocycles. The molecule has 0 aromatic heterocycles. The van der Waals surface area contributed by atoms with E-state index in [2.05, 4.69) is 27.7 Å². The molecule has 0 spiro atoms. The molecule has 2 radical (unpaired) electrons. The van der Waals surface area contributed by atoms with Gasteiger partial charge in [0.1, 0.15) is 0 Å². The van der Waals surface area contributed by atoms with E-state index in [-0.39, 0.29) is 5.97 Å². The minimum absolute atomic E-state index is 0.142. The van der Waals surface area contributed by atoms with Crippen molar-refractivity contribution < 1.29 is 9.53 Å². The van der Waals surface area contributed by atoms with Crippen LogP contribution < -0.4 is 0 Å². The third-order valence-electron chi connectivity index (χ3n) is 4.11. The van der Waals surface area contributed by atoms with E-state index in [9.17, 15) is 4.79 Å². The second-order valence-corrected chi connectivity index (χ2v) is 12.3. The normalized spacial score (nSPS) is 12.5. The summed E-state index contributed by atoms with van der Waals surface area (Å²) in [6, 6.07) is 0. The van der Waals surface area contributed by atoms with Crippen molar-refractivity contribution in [1.29, 1.82) is 0 Å². The molecular formula is C19H36O2Sn.